The van der Waals surface area contributed by atoms with E-state index in [-0.39, 0.29) is 12.1 Å². The zero-order valence-corrected chi connectivity index (χ0v) is 20.4. The van der Waals surface area contributed by atoms with Crippen LogP contribution in [-0.2, 0) is 13.5 Å². The van der Waals surface area contributed by atoms with Crippen molar-refractivity contribution in [3.63, 3.8) is 0 Å². The van der Waals surface area contributed by atoms with Crippen LogP contribution in [0.4, 0.5) is 22.0 Å². The quantitative estimate of drug-likeness (QED) is 0.571. The molecule has 3 aliphatic heterocycles. The smallest absolute Gasteiger partial charge is 0.320 e. The van der Waals surface area contributed by atoms with Gasteiger partial charge in [0.15, 0.2) is 0 Å². The SMILES string of the molecule is CN1CCN(C(=O)N2CC=C(C3Cc4c(Nc5ccc6c(cnn6C)c5)ccnc4N3)CC2)CC1. The number of pyridine rings is 1. The third kappa shape index (κ3) is 4.20. The first kappa shape index (κ1) is 21.9. The molecule has 35 heavy (non-hydrogen) atoms. The van der Waals surface area contributed by atoms with Crippen LogP contribution in [0.3, 0.4) is 0 Å². The van der Waals surface area contributed by atoms with Crippen LogP contribution in [0.5, 0.6) is 0 Å². The van der Waals surface area contributed by atoms with Gasteiger partial charge in [0, 0.05) is 81.3 Å². The molecule has 2 N–H and O–H groups in total. The lowest BCUT2D eigenvalue weighted by atomic mass is 9.97. The summed E-state index contributed by atoms with van der Waals surface area (Å²) in [6.07, 6.45) is 7.77. The molecule has 0 spiro atoms. The van der Waals surface area contributed by atoms with Gasteiger partial charge in [0.25, 0.3) is 0 Å². The number of likely N-dealkylation sites (N-methyl/N-ethyl adjacent to an activating group) is 1. The zero-order chi connectivity index (χ0) is 23.9. The summed E-state index contributed by atoms with van der Waals surface area (Å²) in [5.74, 6) is 0.944. The van der Waals surface area contributed by atoms with Gasteiger partial charge in [-0.05, 0) is 43.3 Å². The number of hydrogen-bond acceptors (Lipinski definition) is 6. The lowest BCUT2D eigenvalue weighted by molar-refractivity contribution is 0.124. The van der Waals surface area contributed by atoms with Crippen molar-refractivity contribution in [2.45, 2.75) is 18.9 Å². The number of benzene rings is 1. The summed E-state index contributed by atoms with van der Waals surface area (Å²) >= 11 is 0. The summed E-state index contributed by atoms with van der Waals surface area (Å²) in [6, 6.07) is 8.76. The molecule has 2 amide bonds. The molecule has 9 nitrogen and oxygen atoms in total. The van der Waals surface area contributed by atoms with Crippen LogP contribution in [0.25, 0.3) is 10.9 Å². The normalized spacial score (nSPS) is 20.5. The molecule has 2 aromatic heterocycles. The standard InChI is InChI=1S/C26H32N8O/c1-31-11-13-34(14-12-31)26(35)33-9-6-18(7-10-33)23-16-21-22(5-8-27-25(21)30-23)29-20-3-4-24-19(15-20)17-28-32(24)2/h3-6,8,15,17,23H,7,9-14,16H2,1-2H3,(H2,27,29,30). The Bertz CT molecular complexity index is 1290. The van der Waals surface area contributed by atoms with E-state index in [1.165, 1.54) is 11.1 Å². The third-order valence-electron chi connectivity index (χ3n) is 7.54. The molecule has 0 bridgehead atoms. The maximum absolute atomic E-state index is 12.9. The van der Waals surface area contributed by atoms with Gasteiger partial charge in [0.1, 0.15) is 5.82 Å². The maximum Gasteiger partial charge on any atom is 0.320 e. The van der Waals surface area contributed by atoms with Crippen molar-refractivity contribution in [3.05, 3.63) is 53.9 Å². The van der Waals surface area contributed by atoms with Gasteiger partial charge >= 0.3 is 6.03 Å². The van der Waals surface area contributed by atoms with Gasteiger partial charge in [-0.15, -0.1) is 0 Å². The number of rotatable bonds is 3. The van der Waals surface area contributed by atoms with Crippen molar-refractivity contribution >= 4 is 34.1 Å². The fourth-order valence-corrected chi connectivity index (χ4v) is 5.35. The topological polar surface area (TPSA) is 81.6 Å². The Hall–Kier alpha value is -3.59. The van der Waals surface area contributed by atoms with Gasteiger partial charge in [-0.1, -0.05) is 6.08 Å². The first-order valence-electron chi connectivity index (χ1n) is 12.4. The van der Waals surface area contributed by atoms with Gasteiger partial charge in [0.2, 0.25) is 0 Å². The van der Waals surface area contributed by atoms with E-state index in [4.69, 9.17) is 0 Å². The van der Waals surface area contributed by atoms with Crippen molar-refractivity contribution in [1.29, 1.82) is 0 Å². The molecule has 5 heterocycles. The average molecular weight is 473 g/mol. The molecule has 3 aliphatic rings. The number of piperazine rings is 1. The molecule has 182 valence electrons. The van der Waals surface area contributed by atoms with E-state index in [1.807, 2.05) is 40.0 Å². The molecule has 1 saturated heterocycles. The molecule has 9 heteroatoms. The number of nitrogens with one attached hydrogen (secondary N) is 2. The summed E-state index contributed by atoms with van der Waals surface area (Å²) in [7, 11) is 4.07. The lowest BCUT2D eigenvalue weighted by Crippen LogP contribution is -2.52. The zero-order valence-electron chi connectivity index (χ0n) is 20.4. The van der Waals surface area contributed by atoms with Crippen molar-refractivity contribution in [1.82, 2.24) is 29.5 Å². The van der Waals surface area contributed by atoms with E-state index in [0.29, 0.717) is 6.54 Å². The molecule has 1 aromatic carbocycles. The average Bonchev–Trinajstić information content (AvgIpc) is 3.48. The van der Waals surface area contributed by atoms with Gasteiger partial charge in [-0.2, -0.15) is 5.10 Å². The number of hydrogen-bond donors (Lipinski definition) is 2. The summed E-state index contributed by atoms with van der Waals surface area (Å²) in [6.45, 7) is 4.98. The summed E-state index contributed by atoms with van der Waals surface area (Å²) in [5, 5.41) is 12.7. The van der Waals surface area contributed by atoms with Crippen molar-refractivity contribution < 1.29 is 4.79 Å². The van der Waals surface area contributed by atoms with E-state index in [9.17, 15) is 4.79 Å². The van der Waals surface area contributed by atoms with Crippen LogP contribution in [0, 0.1) is 0 Å². The van der Waals surface area contributed by atoms with Gasteiger partial charge in [-0.3, -0.25) is 4.68 Å². The van der Waals surface area contributed by atoms with Crippen molar-refractivity contribution in [3.8, 4) is 0 Å². The molecule has 1 fully saturated rings. The number of nitrogens with zero attached hydrogens (tertiary/aromatic N) is 6. The molecule has 1 unspecified atom stereocenters. The van der Waals surface area contributed by atoms with Gasteiger partial charge < -0.3 is 25.3 Å². The number of carbonyl (C=O) groups is 1. The predicted molar refractivity (Wildman–Crippen MR) is 138 cm³/mol. The second-order valence-electron chi connectivity index (χ2n) is 9.80. The Kier molecular flexibility index (Phi) is 5.56. The monoisotopic (exact) mass is 472 g/mol. The van der Waals surface area contributed by atoms with Gasteiger partial charge in [-0.25, -0.2) is 9.78 Å². The number of aryl methyl sites for hydroxylation is 1. The minimum Gasteiger partial charge on any atom is -0.363 e. The number of carbonyl (C=O) groups excluding carboxylic acids is 1. The molecular formula is C26H32N8O. The largest absolute Gasteiger partial charge is 0.363 e. The van der Waals surface area contributed by atoms with Crippen molar-refractivity contribution in [2.75, 3.05) is 56.9 Å². The highest BCUT2D eigenvalue weighted by Gasteiger charge is 2.31. The Morgan fingerprint density at radius 3 is 2.74 bits per heavy atom. The predicted octanol–water partition coefficient (Wildman–Crippen LogP) is 3.05. The molecular weight excluding hydrogens is 440 g/mol. The van der Waals surface area contributed by atoms with Gasteiger partial charge in [0.05, 0.1) is 17.8 Å². The number of urea groups is 1. The van der Waals surface area contributed by atoms with Crippen LogP contribution >= 0.6 is 0 Å². The molecule has 1 atom stereocenters. The fraction of sp³-hybridized carbons (Fsp3) is 0.423. The maximum atomic E-state index is 12.9. The summed E-state index contributed by atoms with van der Waals surface area (Å²) in [4.78, 5) is 23.8. The molecule has 3 aromatic rings. The number of aromatic nitrogens is 3. The Balaban J connectivity index is 1.12. The van der Waals surface area contributed by atoms with E-state index < -0.39 is 0 Å². The summed E-state index contributed by atoms with van der Waals surface area (Å²) < 4.78 is 1.88. The highest BCUT2D eigenvalue weighted by molar-refractivity contribution is 5.84. The molecule has 0 radical (unpaired) electrons. The van der Waals surface area contributed by atoms with Crippen molar-refractivity contribution in [2.24, 2.45) is 7.05 Å². The van der Waals surface area contributed by atoms with Crippen LogP contribution in [-0.4, -0.2) is 87.9 Å². The van der Waals surface area contributed by atoms with E-state index >= 15 is 0 Å². The number of anilines is 3. The second kappa shape index (κ2) is 8.88. The molecule has 0 aliphatic carbocycles. The Morgan fingerprint density at radius 1 is 1.09 bits per heavy atom. The second-order valence-corrected chi connectivity index (χ2v) is 9.80. The highest BCUT2D eigenvalue weighted by Crippen LogP contribution is 2.35. The van der Waals surface area contributed by atoms with Crippen LogP contribution in [0.2, 0.25) is 0 Å². The van der Waals surface area contributed by atoms with Crippen LogP contribution in [0.1, 0.15) is 12.0 Å². The van der Waals surface area contributed by atoms with E-state index in [2.05, 4.69) is 56.9 Å². The Morgan fingerprint density at radius 2 is 1.94 bits per heavy atom. The first-order valence-corrected chi connectivity index (χ1v) is 12.4. The third-order valence-corrected chi connectivity index (χ3v) is 7.54. The number of amides is 2. The Labute approximate surface area is 205 Å². The lowest BCUT2D eigenvalue weighted by Gasteiger charge is -2.37. The number of fused-ring (bicyclic) bond motifs is 2. The van der Waals surface area contributed by atoms with E-state index in [1.54, 1.807) is 0 Å². The first-order chi connectivity index (χ1) is 17.0. The highest BCUT2D eigenvalue weighted by atomic mass is 16.2. The van der Waals surface area contributed by atoms with Crippen LogP contribution < -0.4 is 10.6 Å². The van der Waals surface area contributed by atoms with E-state index in [0.717, 1.165) is 73.7 Å². The minimum absolute atomic E-state index is 0.176. The minimum atomic E-state index is 0.176. The fourth-order valence-electron chi connectivity index (χ4n) is 5.35. The molecule has 6 rings (SSSR count). The molecule has 0 saturated carbocycles. The summed E-state index contributed by atoms with van der Waals surface area (Å²) in [5.41, 5.74) is 5.81. The van der Waals surface area contributed by atoms with Crippen LogP contribution in [0.15, 0.2) is 48.3 Å².